The zero-order chi connectivity index (χ0) is 11.3. The van der Waals surface area contributed by atoms with Crippen LogP contribution < -0.4 is 10.6 Å². The van der Waals surface area contributed by atoms with E-state index < -0.39 is 0 Å². The number of hydrogen-bond donors (Lipinski definition) is 2. The van der Waals surface area contributed by atoms with Gasteiger partial charge in [-0.1, -0.05) is 13.8 Å². The Morgan fingerprint density at radius 1 is 1.40 bits per heavy atom. The molecule has 88 valence electrons. The van der Waals surface area contributed by atoms with Gasteiger partial charge in [-0.2, -0.15) is 0 Å². The van der Waals surface area contributed by atoms with Gasteiger partial charge in [-0.15, -0.1) is 0 Å². The molecule has 2 unspecified atom stereocenters. The van der Waals surface area contributed by atoms with E-state index in [1.165, 1.54) is 12.8 Å². The largest absolute Gasteiger partial charge is 0.352 e. The van der Waals surface area contributed by atoms with Crippen molar-refractivity contribution in [1.29, 1.82) is 0 Å². The maximum absolute atomic E-state index is 11.0. The number of nitrogens with one attached hydrogen (secondary N) is 2. The molecule has 1 aliphatic rings. The lowest BCUT2D eigenvalue weighted by molar-refractivity contribution is -0.119. The topological polar surface area (TPSA) is 41.1 Å². The van der Waals surface area contributed by atoms with Crippen LogP contribution in [0.1, 0.15) is 46.5 Å². The molecule has 3 heteroatoms. The summed E-state index contributed by atoms with van der Waals surface area (Å²) in [6.07, 6.45) is 4.18. The Balaban J connectivity index is 2.06. The minimum atomic E-state index is 0.205. The second kappa shape index (κ2) is 6.11. The maximum atomic E-state index is 11.0. The van der Waals surface area contributed by atoms with Crippen molar-refractivity contribution < 1.29 is 4.79 Å². The van der Waals surface area contributed by atoms with Gasteiger partial charge in [0.1, 0.15) is 0 Å². The van der Waals surface area contributed by atoms with Crippen LogP contribution in [0.4, 0.5) is 0 Å². The highest BCUT2D eigenvalue weighted by Crippen LogP contribution is 2.08. The molecule has 0 aromatic heterocycles. The summed E-state index contributed by atoms with van der Waals surface area (Å²) in [4.78, 5) is 11.0. The Bertz CT molecular complexity index is 204. The predicted octanol–water partition coefficient (Wildman–Crippen LogP) is 1.68. The van der Waals surface area contributed by atoms with Gasteiger partial charge in [0.15, 0.2) is 0 Å². The summed E-state index contributed by atoms with van der Waals surface area (Å²) >= 11 is 0. The van der Waals surface area contributed by atoms with E-state index in [0.29, 0.717) is 18.5 Å². The first-order valence-electron chi connectivity index (χ1n) is 6.10. The van der Waals surface area contributed by atoms with Crippen molar-refractivity contribution in [3.63, 3.8) is 0 Å². The zero-order valence-corrected chi connectivity index (χ0v) is 10.2. The van der Waals surface area contributed by atoms with E-state index in [0.717, 1.165) is 18.9 Å². The van der Waals surface area contributed by atoms with E-state index in [1.807, 2.05) is 0 Å². The van der Waals surface area contributed by atoms with Crippen LogP contribution in [0.2, 0.25) is 0 Å². The van der Waals surface area contributed by atoms with Crippen molar-refractivity contribution in [3.8, 4) is 0 Å². The molecule has 0 aromatic rings. The summed E-state index contributed by atoms with van der Waals surface area (Å²) in [5.41, 5.74) is 0. The molecule has 0 aromatic carbocycles. The molecule has 1 aliphatic heterocycles. The van der Waals surface area contributed by atoms with Crippen molar-refractivity contribution in [2.45, 2.75) is 58.5 Å². The SMILES string of the molecule is CC(C)CCC(C)NCC1CCC(=O)N1. The van der Waals surface area contributed by atoms with E-state index in [4.69, 9.17) is 0 Å². The van der Waals surface area contributed by atoms with Crippen molar-refractivity contribution >= 4 is 5.91 Å². The first kappa shape index (κ1) is 12.5. The number of carbonyl (C=O) groups is 1. The van der Waals surface area contributed by atoms with Crippen molar-refractivity contribution in [1.82, 2.24) is 10.6 Å². The quantitative estimate of drug-likeness (QED) is 0.703. The van der Waals surface area contributed by atoms with Crippen LogP contribution in [-0.4, -0.2) is 24.5 Å². The van der Waals surface area contributed by atoms with E-state index in [9.17, 15) is 4.79 Å². The van der Waals surface area contributed by atoms with Crippen molar-refractivity contribution in [2.24, 2.45) is 5.92 Å². The fraction of sp³-hybridized carbons (Fsp3) is 0.917. The van der Waals surface area contributed by atoms with Gasteiger partial charge in [0.05, 0.1) is 0 Å². The summed E-state index contributed by atoms with van der Waals surface area (Å²) < 4.78 is 0. The lowest BCUT2D eigenvalue weighted by Gasteiger charge is -2.18. The van der Waals surface area contributed by atoms with Gasteiger partial charge in [0.25, 0.3) is 0 Å². The number of carbonyl (C=O) groups excluding carboxylic acids is 1. The standard InChI is InChI=1S/C12H24N2O/c1-9(2)4-5-10(3)13-8-11-6-7-12(15)14-11/h9-11,13H,4-8H2,1-3H3,(H,14,15). The molecule has 1 fully saturated rings. The average molecular weight is 212 g/mol. The zero-order valence-electron chi connectivity index (χ0n) is 10.2. The maximum Gasteiger partial charge on any atom is 0.220 e. The molecule has 1 heterocycles. The first-order chi connectivity index (χ1) is 7.08. The average Bonchev–Trinajstić information content (AvgIpc) is 2.58. The van der Waals surface area contributed by atoms with Crippen molar-refractivity contribution in [3.05, 3.63) is 0 Å². The molecule has 0 aliphatic carbocycles. The number of hydrogen-bond acceptors (Lipinski definition) is 2. The van der Waals surface area contributed by atoms with Gasteiger partial charge in [0, 0.05) is 25.0 Å². The third-order valence-electron chi connectivity index (χ3n) is 2.97. The summed E-state index contributed by atoms with van der Waals surface area (Å²) in [5.74, 6) is 0.983. The lowest BCUT2D eigenvalue weighted by Crippen LogP contribution is -2.39. The van der Waals surface area contributed by atoms with Gasteiger partial charge in [-0.3, -0.25) is 4.79 Å². The van der Waals surface area contributed by atoms with Crippen LogP contribution in [0.25, 0.3) is 0 Å². The first-order valence-corrected chi connectivity index (χ1v) is 6.10. The Labute approximate surface area is 93.0 Å². The normalized spacial score (nSPS) is 23.2. The van der Waals surface area contributed by atoms with Crippen LogP contribution in [-0.2, 0) is 4.79 Å². The summed E-state index contributed by atoms with van der Waals surface area (Å²) in [5, 5.41) is 6.46. The van der Waals surface area contributed by atoms with Crippen LogP contribution in [0.5, 0.6) is 0 Å². The van der Waals surface area contributed by atoms with E-state index in [2.05, 4.69) is 31.4 Å². The number of rotatable bonds is 6. The van der Waals surface area contributed by atoms with Gasteiger partial charge in [0.2, 0.25) is 5.91 Å². The Morgan fingerprint density at radius 3 is 2.67 bits per heavy atom. The second-order valence-corrected chi connectivity index (χ2v) is 5.08. The van der Waals surface area contributed by atoms with Gasteiger partial charge in [-0.05, 0) is 32.1 Å². The fourth-order valence-electron chi connectivity index (χ4n) is 1.86. The Kier molecular flexibility index (Phi) is 5.09. The summed E-state index contributed by atoms with van der Waals surface area (Å²) in [6.45, 7) is 7.65. The monoisotopic (exact) mass is 212 g/mol. The molecular weight excluding hydrogens is 188 g/mol. The van der Waals surface area contributed by atoms with Crippen LogP contribution in [0.3, 0.4) is 0 Å². The van der Waals surface area contributed by atoms with E-state index in [1.54, 1.807) is 0 Å². The molecule has 3 nitrogen and oxygen atoms in total. The predicted molar refractivity (Wildman–Crippen MR) is 62.7 cm³/mol. The molecule has 1 saturated heterocycles. The minimum Gasteiger partial charge on any atom is -0.352 e. The lowest BCUT2D eigenvalue weighted by atomic mass is 10.0. The van der Waals surface area contributed by atoms with Crippen molar-refractivity contribution in [2.75, 3.05) is 6.54 Å². The molecule has 2 N–H and O–H groups in total. The molecule has 1 amide bonds. The van der Waals surface area contributed by atoms with E-state index in [-0.39, 0.29) is 5.91 Å². The van der Waals surface area contributed by atoms with Crippen LogP contribution in [0.15, 0.2) is 0 Å². The molecule has 15 heavy (non-hydrogen) atoms. The smallest absolute Gasteiger partial charge is 0.220 e. The molecule has 0 saturated carbocycles. The highest BCUT2D eigenvalue weighted by atomic mass is 16.1. The highest BCUT2D eigenvalue weighted by Gasteiger charge is 2.20. The molecule has 0 spiro atoms. The molecule has 0 radical (unpaired) electrons. The van der Waals surface area contributed by atoms with Gasteiger partial charge in [-0.25, -0.2) is 0 Å². The fourth-order valence-corrected chi connectivity index (χ4v) is 1.86. The third-order valence-corrected chi connectivity index (χ3v) is 2.97. The molecule has 2 atom stereocenters. The molecule has 1 rings (SSSR count). The van der Waals surface area contributed by atoms with Gasteiger partial charge < -0.3 is 10.6 Å². The van der Waals surface area contributed by atoms with Crippen LogP contribution in [0, 0.1) is 5.92 Å². The second-order valence-electron chi connectivity index (χ2n) is 5.08. The Morgan fingerprint density at radius 2 is 2.13 bits per heavy atom. The summed E-state index contributed by atoms with van der Waals surface area (Å²) in [6, 6.07) is 0.920. The highest BCUT2D eigenvalue weighted by molar-refractivity contribution is 5.78. The number of amides is 1. The molecular formula is C12H24N2O. The van der Waals surface area contributed by atoms with Gasteiger partial charge >= 0.3 is 0 Å². The summed E-state index contributed by atoms with van der Waals surface area (Å²) in [7, 11) is 0. The minimum absolute atomic E-state index is 0.205. The third kappa shape index (κ3) is 5.17. The van der Waals surface area contributed by atoms with E-state index >= 15 is 0 Å². The van der Waals surface area contributed by atoms with Crippen LogP contribution >= 0.6 is 0 Å². The Hall–Kier alpha value is -0.570. The molecule has 0 bridgehead atoms.